The molecule has 0 N–H and O–H groups in total. The van der Waals surface area contributed by atoms with Crippen LogP contribution in [-0.2, 0) is 13.1 Å². The van der Waals surface area contributed by atoms with Crippen LogP contribution < -0.4 is 0 Å². The van der Waals surface area contributed by atoms with Crippen molar-refractivity contribution < 1.29 is 4.79 Å². The van der Waals surface area contributed by atoms with Gasteiger partial charge in [-0.1, -0.05) is 18.2 Å². The Morgan fingerprint density at radius 1 is 1.23 bits per heavy atom. The van der Waals surface area contributed by atoms with E-state index in [0.29, 0.717) is 24.6 Å². The van der Waals surface area contributed by atoms with E-state index in [9.17, 15) is 4.79 Å². The number of rotatable bonds is 3. The molecule has 0 saturated heterocycles. The average molecular weight is 349 g/mol. The lowest BCUT2D eigenvalue weighted by atomic mass is 10.1. The van der Waals surface area contributed by atoms with E-state index in [4.69, 9.17) is 0 Å². The van der Waals surface area contributed by atoms with E-state index in [1.165, 1.54) is 0 Å². The number of aromatic nitrogens is 3. The summed E-state index contributed by atoms with van der Waals surface area (Å²) in [4.78, 5) is 21.7. The number of amides is 1. The maximum absolute atomic E-state index is 13.2. The number of fused-ring (bicyclic) bond motifs is 2. The van der Waals surface area contributed by atoms with Crippen LogP contribution >= 0.6 is 0 Å². The molecule has 0 bridgehead atoms. The van der Waals surface area contributed by atoms with Crippen LogP contribution in [0, 0.1) is 5.92 Å². The van der Waals surface area contributed by atoms with E-state index in [2.05, 4.69) is 29.1 Å². The molecule has 6 nitrogen and oxygen atoms in total. The smallest absolute Gasteiger partial charge is 0.255 e. The number of hydrogen-bond donors (Lipinski definition) is 0. The highest BCUT2D eigenvalue weighted by Gasteiger charge is 2.26. The van der Waals surface area contributed by atoms with Gasteiger partial charge in [-0.3, -0.25) is 14.5 Å². The molecule has 0 fully saturated rings. The van der Waals surface area contributed by atoms with Gasteiger partial charge >= 0.3 is 0 Å². The first-order valence-electron chi connectivity index (χ1n) is 8.89. The van der Waals surface area contributed by atoms with Gasteiger partial charge in [0.25, 0.3) is 5.91 Å². The molecule has 3 heterocycles. The number of hydrogen-bond acceptors (Lipinski definition) is 4. The Morgan fingerprint density at radius 3 is 2.92 bits per heavy atom. The third kappa shape index (κ3) is 3.32. The summed E-state index contributed by atoms with van der Waals surface area (Å²) in [6.07, 6.45) is 3.50. The maximum atomic E-state index is 13.2. The minimum atomic E-state index is 0.0293. The Morgan fingerprint density at radius 2 is 2.08 bits per heavy atom. The van der Waals surface area contributed by atoms with E-state index < -0.39 is 0 Å². The van der Waals surface area contributed by atoms with E-state index in [-0.39, 0.29) is 5.91 Å². The van der Waals surface area contributed by atoms with Crippen molar-refractivity contribution in [3.8, 4) is 0 Å². The third-order valence-electron chi connectivity index (χ3n) is 4.82. The molecule has 0 spiro atoms. The fourth-order valence-corrected chi connectivity index (χ4v) is 3.69. The lowest BCUT2D eigenvalue weighted by Gasteiger charge is -2.26. The second-order valence-electron chi connectivity index (χ2n) is 7.24. The fraction of sp³-hybridized carbons (Fsp3) is 0.350. The van der Waals surface area contributed by atoms with Gasteiger partial charge in [0.15, 0.2) is 0 Å². The highest BCUT2D eigenvalue weighted by Crippen LogP contribution is 2.20. The minimum absolute atomic E-state index is 0.0293. The Balaban J connectivity index is 1.64. The summed E-state index contributed by atoms with van der Waals surface area (Å²) in [5.41, 5.74) is 2.62. The molecular formula is C20H23N5O. The first-order valence-corrected chi connectivity index (χ1v) is 8.89. The molecule has 26 heavy (non-hydrogen) atoms. The van der Waals surface area contributed by atoms with Crippen molar-refractivity contribution in [3.63, 3.8) is 0 Å². The fourth-order valence-electron chi connectivity index (χ4n) is 3.69. The van der Waals surface area contributed by atoms with Crippen molar-refractivity contribution in [1.29, 1.82) is 0 Å². The van der Waals surface area contributed by atoms with Gasteiger partial charge in [-0.15, -0.1) is 0 Å². The Kier molecular flexibility index (Phi) is 4.42. The van der Waals surface area contributed by atoms with E-state index in [1.54, 1.807) is 6.20 Å². The van der Waals surface area contributed by atoms with Gasteiger partial charge in [0.1, 0.15) is 0 Å². The number of pyridine rings is 1. The summed E-state index contributed by atoms with van der Waals surface area (Å²) in [5.74, 6) is 0.366. The normalized spacial score (nSPS) is 17.3. The molecule has 134 valence electrons. The van der Waals surface area contributed by atoms with Gasteiger partial charge in [0, 0.05) is 43.3 Å². The number of para-hydroxylation sites is 1. The summed E-state index contributed by atoms with van der Waals surface area (Å²) in [6, 6.07) is 11.8. The topological polar surface area (TPSA) is 54.3 Å². The average Bonchev–Trinajstić information content (AvgIpc) is 2.99. The van der Waals surface area contributed by atoms with Crippen LogP contribution in [0.25, 0.3) is 10.9 Å². The number of nitrogens with zero attached hydrogens (tertiary/aromatic N) is 5. The van der Waals surface area contributed by atoms with E-state index >= 15 is 0 Å². The molecule has 0 unspecified atom stereocenters. The third-order valence-corrected chi connectivity index (χ3v) is 4.82. The van der Waals surface area contributed by atoms with Crippen molar-refractivity contribution >= 4 is 16.8 Å². The van der Waals surface area contributed by atoms with Crippen molar-refractivity contribution in [2.75, 3.05) is 27.2 Å². The second-order valence-corrected chi connectivity index (χ2v) is 7.24. The molecule has 1 amide bonds. The number of carbonyl (C=O) groups is 1. The number of carbonyl (C=O) groups excluding carboxylic acids is 1. The van der Waals surface area contributed by atoms with Gasteiger partial charge < -0.3 is 9.80 Å². The summed E-state index contributed by atoms with van der Waals surface area (Å²) in [7, 11) is 4.13. The first-order chi connectivity index (χ1) is 12.6. The molecular weight excluding hydrogens is 326 g/mol. The van der Waals surface area contributed by atoms with E-state index in [0.717, 1.165) is 29.7 Å². The van der Waals surface area contributed by atoms with Gasteiger partial charge in [0.2, 0.25) is 0 Å². The zero-order valence-electron chi connectivity index (χ0n) is 15.2. The highest BCUT2D eigenvalue weighted by molar-refractivity contribution is 5.97. The second kappa shape index (κ2) is 6.88. The van der Waals surface area contributed by atoms with Crippen LogP contribution in [0.5, 0.6) is 0 Å². The van der Waals surface area contributed by atoms with Crippen molar-refractivity contribution in [3.05, 3.63) is 60.0 Å². The van der Waals surface area contributed by atoms with Crippen LogP contribution in [0.4, 0.5) is 0 Å². The SMILES string of the molecule is CN(C)C[C@H]1CN(C(=O)c2cnc3ccccc3c2)Cc2ccnn2C1. The molecule has 0 saturated carbocycles. The Hall–Kier alpha value is -2.73. The van der Waals surface area contributed by atoms with Crippen molar-refractivity contribution in [2.24, 2.45) is 5.92 Å². The van der Waals surface area contributed by atoms with E-state index in [1.807, 2.05) is 52.2 Å². The van der Waals surface area contributed by atoms with Crippen LogP contribution in [0.2, 0.25) is 0 Å². The zero-order chi connectivity index (χ0) is 18.1. The molecule has 3 aromatic rings. The number of benzene rings is 1. The predicted octanol–water partition coefficient (Wildman–Crippen LogP) is 2.27. The summed E-state index contributed by atoms with van der Waals surface area (Å²) < 4.78 is 2.03. The molecule has 6 heteroatoms. The Labute approximate surface area is 153 Å². The summed E-state index contributed by atoms with van der Waals surface area (Å²) >= 11 is 0. The molecule has 0 aliphatic carbocycles. The van der Waals surface area contributed by atoms with Gasteiger partial charge in [0.05, 0.1) is 23.3 Å². The summed E-state index contributed by atoms with van der Waals surface area (Å²) in [5, 5.41) is 5.42. The lowest BCUT2D eigenvalue weighted by molar-refractivity contribution is 0.0711. The minimum Gasteiger partial charge on any atom is -0.332 e. The standard InChI is InChI=1S/C20H23N5O/c1-23(2)11-15-12-24(14-18-7-8-22-25(18)13-15)20(26)17-9-16-5-3-4-6-19(16)21-10-17/h3-10,15H,11-14H2,1-2H3/t15-/m0/s1. The van der Waals surface area contributed by atoms with Crippen LogP contribution in [-0.4, -0.2) is 57.7 Å². The molecule has 1 aliphatic rings. The first kappa shape index (κ1) is 16.7. The lowest BCUT2D eigenvalue weighted by Crippen LogP contribution is -2.37. The molecule has 4 rings (SSSR count). The van der Waals surface area contributed by atoms with Gasteiger partial charge in [-0.05, 0) is 32.3 Å². The van der Waals surface area contributed by atoms with Crippen molar-refractivity contribution in [2.45, 2.75) is 13.1 Å². The quantitative estimate of drug-likeness (QED) is 0.728. The predicted molar refractivity (Wildman–Crippen MR) is 101 cm³/mol. The largest absolute Gasteiger partial charge is 0.332 e. The Bertz CT molecular complexity index is 933. The maximum Gasteiger partial charge on any atom is 0.255 e. The molecule has 2 aromatic heterocycles. The molecule has 1 aromatic carbocycles. The van der Waals surface area contributed by atoms with Crippen LogP contribution in [0.3, 0.4) is 0 Å². The molecule has 1 atom stereocenters. The van der Waals surface area contributed by atoms with Gasteiger partial charge in [-0.2, -0.15) is 5.10 Å². The van der Waals surface area contributed by atoms with Crippen LogP contribution in [0.1, 0.15) is 16.1 Å². The monoisotopic (exact) mass is 349 g/mol. The molecule has 0 radical (unpaired) electrons. The zero-order valence-corrected chi connectivity index (χ0v) is 15.2. The summed E-state index contributed by atoms with van der Waals surface area (Å²) in [6.45, 7) is 3.04. The van der Waals surface area contributed by atoms with Crippen LogP contribution in [0.15, 0.2) is 48.8 Å². The highest BCUT2D eigenvalue weighted by atomic mass is 16.2. The molecule has 1 aliphatic heterocycles. The van der Waals surface area contributed by atoms with Crippen molar-refractivity contribution in [1.82, 2.24) is 24.6 Å². The van der Waals surface area contributed by atoms with Gasteiger partial charge in [-0.25, -0.2) is 0 Å².